The lowest BCUT2D eigenvalue weighted by atomic mass is 10.1. The van der Waals surface area contributed by atoms with Crippen molar-refractivity contribution >= 4 is 15.7 Å². The van der Waals surface area contributed by atoms with Crippen molar-refractivity contribution in [1.29, 1.82) is 0 Å². The van der Waals surface area contributed by atoms with Gasteiger partial charge >= 0.3 is 0 Å². The van der Waals surface area contributed by atoms with Gasteiger partial charge in [-0.2, -0.15) is 0 Å². The average molecular weight is 335 g/mol. The average Bonchev–Trinajstić information content (AvgIpc) is 2.96. The van der Waals surface area contributed by atoms with Crippen molar-refractivity contribution in [2.75, 3.05) is 18.6 Å². The summed E-state index contributed by atoms with van der Waals surface area (Å²) in [5.41, 5.74) is 1.86. The minimum absolute atomic E-state index is 0.141. The number of ether oxygens (including phenoxy) is 3. The van der Waals surface area contributed by atoms with Gasteiger partial charge in [-0.05, 0) is 49.2 Å². The van der Waals surface area contributed by atoms with Crippen molar-refractivity contribution in [2.45, 2.75) is 18.7 Å². The van der Waals surface area contributed by atoms with Crippen LogP contribution in [0.2, 0.25) is 0 Å². The highest BCUT2D eigenvalue weighted by Gasteiger charge is 2.21. The standard InChI is InChI=1S/C16H17NO5S/c1-10-11(2)16(7-6-13(10)20-3)23(18,19)17-12-4-5-14-15(8-12)22-9-21-14/h4-8,17H,9H2,1-3H3. The van der Waals surface area contributed by atoms with Crippen LogP contribution in [0.3, 0.4) is 0 Å². The van der Waals surface area contributed by atoms with Crippen LogP contribution >= 0.6 is 0 Å². The SMILES string of the molecule is COc1ccc(S(=O)(=O)Nc2ccc3c(c2)OCO3)c(C)c1C. The van der Waals surface area contributed by atoms with E-state index in [1.54, 1.807) is 38.3 Å². The van der Waals surface area contributed by atoms with Crippen LogP contribution in [-0.4, -0.2) is 22.3 Å². The van der Waals surface area contributed by atoms with Crippen molar-refractivity contribution in [2.24, 2.45) is 0 Å². The molecule has 122 valence electrons. The molecule has 0 aliphatic carbocycles. The van der Waals surface area contributed by atoms with Gasteiger partial charge in [-0.3, -0.25) is 4.72 Å². The molecule has 6 nitrogen and oxygen atoms in total. The zero-order valence-electron chi connectivity index (χ0n) is 13.0. The molecule has 0 spiro atoms. The Morgan fingerprint density at radius 3 is 2.52 bits per heavy atom. The predicted molar refractivity (Wildman–Crippen MR) is 85.8 cm³/mol. The molecule has 0 saturated carbocycles. The van der Waals surface area contributed by atoms with Crippen LogP contribution in [-0.2, 0) is 10.0 Å². The van der Waals surface area contributed by atoms with E-state index in [0.29, 0.717) is 28.5 Å². The highest BCUT2D eigenvalue weighted by atomic mass is 32.2. The number of sulfonamides is 1. The highest BCUT2D eigenvalue weighted by molar-refractivity contribution is 7.92. The molecule has 23 heavy (non-hydrogen) atoms. The van der Waals surface area contributed by atoms with E-state index in [1.807, 2.05) is 6.92 Å². The molecule has 2 aromatic rings. The van der Waals surface area contributed by atoms with Gasteiger partial charge in [-0.1, -0.05) is 0 Å². The first-order valence-corrected chi connectivity index (χ1v) is 8.47. The van der Waals surface area contributed by atoms with E-state index in [2.05, 4.69) is 4.72 Å². The van der Waals surface area contributed by atoms with E-state index >= 15 is 0 Å². The van der Waals surface area contributed by atoms with Gasteiger partial charge in [-0.25, -0.2) is 8.42 Å². The van der Waals surface area contributed by atoms with E-state index in [0.717, 1.165) is 5.56 Å². The lowest BCUT2D eigenvalue weighted by molar-refractivity contribution is 0.174. The highest BCUT2D eigenvalue weighted by Crippen LogP contribution is 2.35. The number of hydrogen-bond donors (Lipinski definition) is 1. The summed E-state index contributed by atoms with van der Waals surface area (Å²) in [6.07, 6.45) is 0. The predicted octanol–water partition coefficient (Wildman–Crippen LogP) is 2.84. The third-order valence-electron chi connectivity index (χ3n) is 3.82. The van der Waals surface area contributed by atoms with Crippen LogP contribution in [0.15, 0.2) is 35.2 Å². The minimum atomic E-state index is -3.71. The first kappa shape index (κ1) is 15.5. The molecule has 1 aliphatic heterocycles. The summed E-state index contributed by atoms with van der Waals surface area (Å²) in [4.78, 5) is 0.216. The number of methoxy groups -OCH3 is 1. The number of rotatable bonds is 4. The molecule has 7 heteroatoms. The molecule has 1 aliphatic rings. The van der Waals surface area contributed by atoms with Crippen molar-refractivity contribution in [3.05, 3.63) is 41.5 Å². The van der Waals surface area contributed by atoms with E-state index in [9.17, 15) is 8.42 Å². The number of hydrogen-bond acceptors (Lipinski definition) is 5. The van der Waals surface area contributed by atoms with Gasteiger partial charge in [0.1, 0.15) is 5.75 Å². The zero-order valence-corrected chi connectivity index (χ0v) is 13.9. The summed E-state index contributed by atoms with van der Waals surface area (Å²) in [5, 5.41) is 0. The summed E-state index contributed by atoms with van der Waals surface area (Å²) in [6, 6.07) is 8.10. The van der Waals surface area contributed by atoms with Crippen LogP contribution in [0.5, 0.6) is 17.2 Å². The quantitative estimate of drug-likeness (QED) is 0.930. The number of anilines is 1. The van der Waals surface area contributed by atoms with Gasteiger partial charge in [0.15, 0.2) is 11.5 Å². The Balaban J connectivity index is 1.95. The first-order chi connectivity index (χ1) is 10.9. The Kier molecular flexibility index (Phi) is 3.81. The second-order valence-corrected chi connectivity index (χ2v) is 6.84. The second-order valence-electron chi connectivity index (χ2n) is 5.19. The van der Waals surface area contributed by atoms with Gasteiger partial charge < -0.3 is 14.2 Å². The Morgan fingerprint density at radius 2 is 1.78 bits per heavy atom. The maximum Gasteiger partial charge on any atom is 0.262 e. The van der Waals surface area contributed by atoms with Gasteiger partial charge in [0.05, 0.1) is 17.7 Å². The topological polar surface area (TPSA) is 73.9 Å². The van der Waals surface area contributed by atoms with E-state index in [4.69, 9.17) is 14.2 Å². The minimum Gasteiger partial charge on any atom is -0.496 e. The largest absolute Gasteiger partial charge is 0.496 e. The summed E-state index contributed by atoms with van der Waals surface area (Å²) >= 11 is 0. The fourth-order valence-corrected chi connectivity index (χ4v) is 3.80. The smallest absolute Gasteiger partial charge is 0.262 e. The fraction of sp³-hybridized carbons (Fsp3) is 0.250. The third kappa shape index (κ3) is 2.79. The van der Waals surface area contributed by atoms with Crippen LogP contribution in [0.25, 0.3) is 0 Å². The van der Waals surface area contributed by atoms with Gasteiger partial charge in [0, 0.05) is 6.07 Å². The van der Waals surface area contributed by atoms with E-state index in [1.165, 1.54) is 6.07 Å². The third-order valence-corrected chi connectivity index (χ3v) is 5.35. The normalized spacial score (nSPS) is 13.0. The van der Waals surface area contributed by atoms with Crippen molar-refractivity contribution < 1.29 is 22.6 Å². The molecule has 1 N–H and O–H groups in total. The molecule has 0 unspecified atom stereocenters. The first-order valence-electron chi connectivity index (χ1n) is 6.99. The summed E-state index contributed by atoms with van der Waals surface area (Å²) in [6.45, 7) is 3.72. The van der Waals surface area contributed by atoms with Crippen molar-refractivity contribution in [1.82, 2.24) is 0 Å². The van der Waals surface area contributed by atoms with Crippen LogP contribution in [0.4, 0.5) is 5.69 Å². The molecule has 0 aromatic heterocycles. The lowest BCUT2D eigenvalue weighted by Gasteiger charge is -2.14. The molecule has 0 saturated heterocycles. The number of nitrogens with one attached hydrogen (secondary N) is 1. The molecule has 0 fully saturated rings. The van der Waals surface area contributed by atoms with Crippen LogP contribution < -0.4 is 18.9 Å². The Labute approximate surface area is 135 Å². The zero-order chi connectivity index (χ0) is 16.6. The van der Waals surface area contributed by atoms with Crippen molar-refractivity contribution in [3.8, 4) is 17.2 Å². The molecule has 0 amide bonds. The van der Waals surface area contributed by atoms with Crippen molar-refractivity contribution in [3.63, 3.8) is 0 Å². The summed E-state index contributed by atoms with van der Waals surface area (Å²) < 4.78 is 43.6. The number of fused-ring (bicyclic) bond motifs is 1. The molecule has 0 radical (unpaired) electrons. The van der Waals surface area contributed by atoms with Gasteiger partial charge in [-0.15, -0.1) is 0 Å². The fourth-order valence-electron chi connectivity index (χ4n) is 2.45. The number of benzene rings is 2. The summed E-state index contributed by atoms with van der Waals surface area (Å²) in [5.74, 6) is 1.78. The molecule has 0 bridgehead atoms. The molecular weight excluding hydrogens is 318 g/mol. The molecular formula is C16H17NO5S. The Hall–Kier alpha value is -2.41. The van der Waals surface area contributed by atoms with E-state index < -0.39 is 10.0 Å². The van der Waals surface area contributed by atoms with Gasteiger partial charge in [0.2, 0.25) is 6.79 Å². The lowest BCUT2D eigenvalue weighted by Crippen LogP contribution is -2.15. The maximum absolute atomic E-state index is 12.7. The second kappa shape index (κ2) is 5.66. The Morgan fingerprint density at radius 1 is 1.04 bits per heavy atom. The monoisotopic (exact) mass is 335 g/mol. The molecule has 1 heterocycles. The molecule has 2 aromatic carbocycles. The molecule has 0 atom stereocenters. The Bertz CT molecular complexity index is 861. The van der Waals surface area contributed by atoms with Crippen LogP contribution in [0, 0.1) is 13.8 Å². The van der Waals surface area contributed by atoms with E-state index in [-0.39, 0.29) is 11.7 Å². The molecule has 3 rings (SSSR count). The maximum atomic E-state index is 12.7. The van der Waals surface area contributed by atoms with Crippen LogP contribution in [0.1, 0.15) is 11.1 Å². The van der Waals surface area contributed by atoms with Gasteiger partial charge in [0.25, 0.3) is 10.0 Å². The summed E-state index contributed by atoms with van der Waals surface area (Å²) in [7, 11) is -2.15.